The first kappa shape index (κ1) is 21.1. The molecular formula is C26H24N4O2. The van der Waals surface area contributed by atoms with Gasteiger partial charge in [-0.1, -0.05) is 60.2 Å². The van der Waals surface area contributed by atoms with Gasteiger partial charge in [0.25, 0.3) is 11.8 Å². The van der Waals surface area contributed by atoms with Gasteiger partial charge in [0.1, 0.15) is 0 Å². The molecule has 0 aliphatic rings. The van der Waals surface area contributed by atoms with Gasteiger partial charge >= 0.3 is 0 Å². The molecule has 160 valence electrons. The first-order chi connectivity index (χ1) is 15.6. The molecule has 0 bridgehead atoms. The van der Waals surface area contributed by atoms with Crippen molar-refractivity contribution in [3.63, 3.8) is 0 Å². The van der Waals surface area contributed by atoms with Gasteiger partial charge in [0.2, 0.25) is 0 Å². The van der Waals surface area contributed by atoms with E-state index in [0.29, 0.717) is 24.3 Å². The fourth-order valence-electron chi connectivity index (χ4n) is 3.26. The van der Waals surface area contributed by atoms with Crippen LogP contribution in [0.2, 0.25) is 0 Å². The van der Waals surface area contributed by atoms with Gasteiger partial charge in [-0.3, -0.25) is 9.59 Å². The Kier molecular flexibility index (Phi) is 6.41. The van der Waals surface area contributed by atoms with E-state index in [0.717, 1.165) is 16.8 Å². The molecule has 0 fully saturated rings. The van der Waals surface area contributed by atoms with E-state index in [2.05, 4.69) is 15.7 Å². The molecule has 1 heterocycles. The molecule has 2 amide bonds. The van der Waals surface area contributed by atoms with Crippen LogP contribution in [0, 0.1) is 6.92 Å². The van der Waals surface area contributed by atoms with E-state index >= 15 is 0 Å². The average molecular weight is 425 g/mol. The van der Waals surface area contributed by atoms with E-state index in [9.17, 15) is 9.59 Å². The van der Waals surface area contributed by atoms with Gasteiger partial charge in [-0.15, -0.1) is 0 Å². The molecule has 0 saturated carbocycles. The van der Waals surface area contributed by atoms with Crippen molar-refractivity contribution in [2.45, 2.75) is 20.0 Å². The van der Waals surface area contributed by atoms with Gasteiger partial charge in [-0.2, -0.15) is 5.10 Å². The lowest BCUT2D eigenvalue weighted by molar-refractivity contribution is 0.0942. The number of hydrogen-bond acceptors (Lipinski definition) is 3. The molecule has 0 aliphatic heterocycles. The Bertz CT molecular complexity index is 1210. The summed E-state index contributed by atoms with van der Waals surface area (Å²) >= 11 is 0. The molecule has 1 aromatic heterocycles. The Morgan fingerprint density at radius 2 is 1.50 bits per heavy atom. The Morgan fingerprint density at radius 1 is 0.781 bits per heavy atom. The summed E-state index contributed by atoms with van der Waals surface area (Å²) in [7, 11) is 0. The summed E-state index contributed by atoms with van der Waals surface area (Å²) in [6, 6.07) is 26.6. The first-order valence-electron chi connectivity index (χ1n) is 10.4. The van der Waals surface area contributed by atoms with Crippen molar-refractivity contribution in [2.75, 3.05) is 0 Å². The highest BCUT2D eigenvalue weighted by Gasteiger charge is 2.11. The van der Waals surface area contributed by atoms with Crippen molar-refractivity contribution >= 4 is 11.8 Å². The highest BCUT2D eigenvalue weighted by atomic mass is 16.2. The molecule has 0 unspecified atom stereocenters. The van der Waals surface area contributed by atoms with E-state index in [1.165, 1.54) is 5.56 Å². The monoisotopic (exact) mass is 424 g/mol. The lowest BCUT2D eigenvalue weighted by atomic mass is 10.1. The van der Waals surface area contributed by atoms with Crippen LogP contribution < -0.4 is 10.6 Å². The minimum atomic E-state index is -0.270. The summed E-state index contributed by atoms with van der Waals surface area (Å²) in [5.41, 5.74) is 4.83. The van der Waals surface area contributed by atoms with Crippen LogP contribution in [0.5, 0.6) is 0 Å². The average Bonchev–Trinajstić information content (AvgIpc) is 3.33. The van der Waals surface area contributed by atoms with Crippen molar-refractivity contribution in [1.82, 2.24) is 20.4 Å². The van der Waals surface area contributed by atoms with Crippen LogP contribution in [0.4, 0.5) is 0 Å². The Balaban J connectivity index is 1.33. The SMILES string of the molecule is Cc1ccc(CNC(=O)c2cccc(CNC(=O)c3ccn(-c4ccccc4)n3)c2)cc1. The third-order valence-electron chi connectivity index (χ3n) is 5.06. The van der Waals surface area contributed by atoms with Gasteiger partial charge < -0.3 is 10.6 Å². The second-order valence-corrected chi connectivity index (χ2v) is 7.53. The molecule has 3 aromatic carbocycles. The van der Waals surface area contributed by atoms with Crippen LogP contribution in [-0.4, -0.2) is 21.6 Å². The lowest BCUT2D eigenvalue weighted by Gasteiger charge is -2.08. The Morgan fingerprint density at radius 3 is 2.28 bits per heavy atom. The molecule has 6 heteroatoms. The minimum absolute atomic E-state index is 0.152. The van der Waals surface area contributed by atoms with Crippen molar-refractivity contribution < 1.29 is 9.59 Å². The number of carbonyl (C=O) groups is 2. The molecule has 6 nitrogen and oxygen atoms in total. The summed E-state index contributed by atoms with van der Waals surface area (Å²) in [6.45, 7) is 2.79. The Labute approximate surface area is 186 Å². The molecule has 4 aromatic rings. The van der Waals surface area contributed by atoms with Gasteiger partial charge in [0.15, 0.2) is 5.69 Å². The van der Waals surface area contributed by atoms with E-state index in [4.69, 9.17) is 0 Å². The predicted octanol–water partition coefficient (Wildman–Crippen LogP) is 4.04. The van der Waals surface area contributed by atoms with E-state index in [-0.39, 0.29) is 11.8 Å². The predicted molar refractivity (Wildman–Crippen MR) is 124 cm³/mol. The first-order valence-corrected chi connectivity index (χ1v) is 10.4. The number of para-hydroxylation sites is 1. The number of aromatic nitrogens is 2. The van der Waals surface area contributed by atoms with Crippen LogP contribution in [0.15, 0.2) is 91.1 Å². The molecule has 0 saturated heterocycles. The van der Waals surface area contributed by atoms with Crippen LogP contribution in [0.1, 0.15) is 37.5 Å². The van der Waals surface area contributed by atoms with Crippen LogP contribution >= 0.6 is 0 Å². The van der Waals surface area contributed by atoms with Crippen LogP contribution in [0.3, 0.4) is 0 Å². The summed E-state index contributed by atoms with van der Waals surface area (Å²) in [4.78, 5) is 25.0. The normalized spacial score (nSPS) is 10.5. The summed E-state index contributed by atoms with van der Waals surface area (Å²) in [5.74, 6) is -0.422. The number of carbonyl (C=O) groups excluding carboxylic acids is 2. The van der Waals surface area contributed by atoms with Crippen molar-refractivity contribution in [3.05, 3.63) is 119 Å². The van der Waals surface area contributed by atoms with E-state index in [1.807, 2.05) is 73.7 Å². The van der Waals surface area contributed by atoms with Gasteiger partial charge in [-0.25, -0.2) is 4.68 Å². The van der Waals surface area contributed by atoms with E-state index in [1.54, 1.807) is 29.1 Å². The molecule has 0 spiro atoms. The van der Waals surface area contributed by atoms with Crippen molar-refractivity contribution in [2.24, 2.45) is 0 Å². The smallest absolute Gasteiger partial charge is 0.272 e. The summed E-state index contributed by atoms with van der Waals surface area (Å²) in [6.07, 6.45) is 1.75. The van der Waals surface area contributed by atoms with Crippen LogP contribution in [-0.2, 0) is 13.1 Å². The molecule has 4 rings (SSSR count). The topological polar surface area (TPSA) is 76.0 Å². The third kappa shape index (κ3) is 5.29. The number of rotatable bonds is 7. The molecule has 0 aliphatic carbocycles. The molecule has 0 atom stereocenters. The van der Waals surface area contributed by atoms with Crippen LogP contribution in [0.25, 0.3) is 5.69 Å². The van der Waals surface area contributed by atoms with Gasteiger partial charge in [0.05, 0.1) is 5.69 Å². The quantitative estimate of drug-likeness (QED) is 0.470. The second kappa shape index (κ2) is 9.75. The number of aryl methyl sites for hydroxylation is 1. The summed E-state index contributed by atoms with van der Waals surface area (Å²) in [5, 5.41) is 10.1. The van der Waals surface area contributed by atoms with Gasteiger partial charge in [0, 0.05) is 24.8 Å². The maximum absolute atomic E-state index is 12.5. The highest BCUT2D eigenvalue weighted by Crippen LogP contribution is 2.09. The Hall–Kier alpha value is -4.19. The molecule has 0 radical (unpaired) electrons. The molecule has 32 heavy (non-hydrogen) atoms. The largest absolute Gasteiger partial charge is 0.348 e. The fourth-order valence-corrected chi connectivity index (χ4v) is 3.26. The maximum Gasteiger partial charge on any atom is 0.272 e. The minimum Gasteiger partial charge on any atom is -0.348 e. The number of hydrogen-bond donors (Lipinski definition) is 2. The fraction of sp³-hybridized carbons (Fsp3) is 0.115. The zero-order chi connectivity index (χ0) is 22.3. The molecule has 2 N–H and O–H groups in total. The number of amides is 2. The lowest BCUT2D eigenvalue weighted by Crippen LogP contribution is -2.25. The highest BCUT2D eigenvalue weighted by molar-refractivity contribution is 5.94. The number of nitrogens with zero attached hydrogens (tertiary/aromatic N) is 2. The number of benzene rings is 3. The molecular weight excluding hydrogens is 400 g/mol. The van der Waals surface area contributed by atoms with Crippen molar-refractivity contribution in [3.8, 4) is 5.69 Å². The zero-order valence-electron chi connectivity index (χ0n) is 17.8. The van der Waals surface area contributed by atoms with E-state index < -0.39 is 0 Å². The second-order valence-electron chi connectivity index (χ2n) is 7.53. The maximum atomic E-state index is 12.5. The summed E-state index contributed by atoms with van der Waals surface area (Å²) < 4.78 is 1.66. The van der Waals surface area contributed by atoms with Gasteiger partial charge in [-0.05, 0) is 48.4 Å². The third-order valence-corrected chi connectivity index (χ3v) is 5.06. The zero-order valence-corrected chi connectivity index (χ0v) is 17.8. The standard InChI is InChI=1S/C26H24N4O2/c1-19-10-12-20(13-11-19)17-27-25(31)22-7-5-6-21(16-22)18-28-26(32)24-14-15-30(29-24)23-8-3-2-4-9-23/h2-16H,17-18H2,1H3,(H,27,31)(H,28,32). The van der Waals surface area contributed by atoms with Crippen molar-refractivity contribution in [1.29, 1.82) is 0 Å². The number of nitrogens with one attached hydrogen (secondary N) is 2.